The van der Waals surface area contributed by atoms with E-state index in [1.807, 2.05) is 19.9 Å². The molecule has 8 heteroatoms. The molecular formula is C23H34N4O4. The summed E-state index contributed by atoms with van der Waals surface area (Å²) in [5.74, 6) is 1.17. The van der Waals surface area contributed by atoms with E-state index < -0.39 is 6.09 Å². The maximum Gasteiger partial charge on any atom is 0.411 e. The Morgan fingerprint density at radius 1 is 1.32 bits per heavy atom. The van der Waals surface area contributed by atoms with Gasteiger partial charge in [-0.25, -0.2) is 9.78 Å². The van der Waals surface area contributed by atoms with Crippen molar-refractivity contribution >= 4 is 23.5 Å². The summed E-state index contributed by atoms with van der Waals surface area (Å²) in [6, 6.07) is 2.22. The van der Waals surface area contributed by atoms with E-state index in [1.54, 1.807) is 6.20 Å². The van der Waals surface area contributed by atoms with E-state index in [0.29, 0.717) is 30.7 Å². The maximum absolute atomic E-state index is 13.5. The van der Waals surface area contributed by atoms with Crippen molar-refractivity contribution in [3.05, 3.63) is 17.8 Å². The van der Waals surface area contributed by atoms with Crippen LogP contribution >= 0.6 is 0 Å². The van der Waals surface area contributed by atoms with Crippen LogP contribution in [0.3, 0.4) is 0 Å². The van der Waals surface area contributed by atoms with Crippen LogP contribution in [-0.2, 0) is 9.53 Å². The summed E-state index contributed by atoms with van der Waals surface area (Å²) >= 11 is 0. The zero-order chi connectivity index (χ0) is 22.0. The molecule has 3 aliphatic rings. The molecule has 0 aliphatic carbocycles. The molecule has 3 aliphatic heterocycles. The van der Waals surface area contributed by atoms with Gasteiger partial charge in [0.2, 0.25) is 5.91 Å². The Labute approximate surface area is 184 Å². The lowest BCUT2D eigenvalue weighted by molar-refractivity contribution is -0.139. The molecule has 3 fully saturated rings. The van der Waals surface area contributed by atoms with Crippen molar-refractivity contribution in [1.82, 2.24) is 9.88 Å². The Morgan fingerprint density at radius 3 is 2.77 bits per heavy atom. The largest absolute Gasteiger partial charge is 0.465 e. The van der Waals surface area contributed by atoms with Gasteiger partial charge in [0, 0.05) is 45.4 Å². The van der Waals surface area contributed by atoms with Crippen LogP contribution in [0.2, 0.25) is 0 Å². The second kappa shape index (κ2) is 9.02. The molecule has 0 unspecified atom stereocenters. The first kappa shape index (κ1) is 21.9. The number of ether oxygens (including phenoxy) is 1. The van der Waals surface area contributed by atoms with Crippen LogP contribution in [0, 0.1) is 12.3 Å². The summed E-state index contributed by atoms with van der Waals surface area (Å²) in [6.07, 6.45) is 6.11. The van der Waals surface area contributed by atoms with E-state index in [-0.39, 0.29) is 5.41 Å². The molecule has 1 spiro atoms. The van der Waals surface area contributed by atoms with E-state index in [9.17, 15) is 14.7 Å². The van der Waals surface area contributed by atoms with Crippen molar-refractivity contribution in [1.29, 1.82) is 0 Å². The Bertz CT molecular complexity index is 826. The van der Waals surface area contributed by atoms with Crippen molar-refractivity contribution in [3.8, 4) is 0 Å². The minimum Gasteiger partial charge on any atom is -0.465 e. The molecule has 1 aromatic rings. The molecule has 1 aromatic heterocycles. The van der Waals surface area contributed by atoms with E-state index in [1.165, 1.54) is 4.90 Å². The molecule has 4 heterocycles. The van der Waals surface area contributed by atoms with Gasteiger partial charge in [-0.3, -0.25) is 9.69 Å². The van der Waals surface area contributed by atoms with Gasteiger partial charge >= 0.3 is 6.09 Å². The highest BCUT2D eigenvalue weighted by Gasteiger charge is 2.50. The summed E-state index contributed by atoms with van der Waals surface area (Å²) in [6.45, 7) is 8.27. The molecule has 0 bridgehead atoms. The van der Waals surface area contributed by atoms with E-state index in [4.69, 9.17) is 4.74 Å². The molecule has 1 N–H and O–H groups in total. The van der Waals surface area contributed by atoms with Crippen LogP contribution in [0.15, 0.2) is 12.3 Å². The molecule has 3 saturated heterocycles. The lowest BCUT2D eigenvalue weighted by Crippen LogP contribution is -2.50. The standard InChI is InChI=1S/C23H34N4O4/c1-3-9-27(22(29)30)19-14-17(2)20(24-15-19)25-10-4-7-23(16-25)8-11-26(21(23)28)18-5-12-31-13-6-18/h14-15,18H,3-13,16H2,1-2H3,(H,29,30)/t23-/m0/s1. The van der Waals surface area contributed by atoms with Gasteiger partial charge < -0.3 is 19.6 Å². The molecule has 4 rings (SSSR count). The molecular weight excluding hydrogens is 396 g/mol. The van der Waals surface area contributed by atoms with Crippen LogP contribution in [0.4, 0.5) is 16.3 Å². The van der Waals surface area contributed by atoms with Gasteiger partial charge in [-0.2, -0.15) is 0 Å². The van der Waals surface area contributed by atoms with Gasteiger partial charge in [0.1, 0.15) is 5.82 Å². The predicted octanol–water partition coefficient (Wildman–Crippen LogP) is 3.28. The number of aromatic nitrogens is 1. The zero-order valence-electron chi connectivity index (χ0n) is 18.7. The molecule has 170 valence electrons. The van der Waals surface area contributed by atoms with Crippen LogP contribution in [0.1, 0.15) is 51.0 Å². The van der Waals surface area contributed by atoms with Crippen molar-refractivity contribution in [3.63, 3.8) is 0 Å². The van der Waals surface area contributed by atoms with Crippen molar-refractivity contribution in [2.24, 2.45) is 5.41 Å². The first-order valence-corrected chi connectivity index (χ1v) is 11.6. The summed E-state index contributed by atoms with van der Waals surface area (Å²) in [5, 5.41) is 9.51. The van der Waals surface area contributed by atoms with Crippen molar-refractivity contribution < 1.29 is 19.4 Å². The van der Waals surface area contributed by atoms with E-state index in [0.717, 1.165) is 76.2 Å². The van der Waals surface area contributed by atoms with Gasteiger partial charge in [-0.1, -0.05) is 6.92 Å². The maximum atomic E-state index is 13.5. The summed E-state index contributed by atoms with van der Waals surface area (Å²) in [7, 11) is 0. The smallest absolute Gasteiger partial charge is 0.411 e. The number of carboxylic acid groups (broad SMARTS) is 1. The molecule has 0 saturated carbocycles. The number of aryl methyl sites for hydroxylation is 1. The van der Waals surface area contributed by atoms with Crippen LogP contribution in [0.25, 0.3) is 0 Å². The number of carbonyl (C=O) groups excluding carboxylic acids is 1. The van der Waals surface area contributed by atoms with Crippen LogP contribution in [-0.4, -0.2) is 72.4 Å². The Kier molecular flexibility index (Phi) is 6.36. The molecule has 2 amide bonds. The molecule has 8 nitrogen and oxygen atoms in total. The highest BCUT2D eigenvalue weighted by molar-refractivity contribution is 5.87. The lowest BCUT2D eigenvalue weighted by atomic mass is 9.78. The van der Waals surface area contributed by atoms with E-state index in [2.05, 4.69) is 14.8 Å². The monoisotopic (exact) mass is 430 g/mol. The first-order valence-electron chi connectivity index (χ1n) is 11.6. The second-order valence-corrected chi connectivity index (χ2v) is 9.17. The zero-order valence-corrected chi connectivity index (χ0v) is 18.7. The fourth-order valence-electron chi connectivity index (χ4n) is 5.47. The second-order valence-electron chi connectivity index (χ2n) is 9.17. The van der Waals surface area contributed by atoms with Gasteiger partial charge in [0.15, 0.2) is 0 Å². The third-order valence-corrected chi connectivity index (χ3v) is 7.08. The third kappa shape index (κ3) is 4.22. The average molecular weight is 431 g/mol. The SMILES string of the molecule is CCCN(C(=O)O)c1cnc(N2CCC[C@]3(CCN(C4CCOCC4)C3=O)C2)c(C)c1. The number of hydrogen-bond donors (Lipinski definition) is 1. The first-order chi connectivity index (χ1) is 14.9. The number of rotatable bonds is 5. The number of nitrogens with zero attached hydrogens (tertiary/aromatic N) is 4. The summed E-state index contributed by atoms with van der Waals surface area (Å²) in [4.78, 5) is 35.4. The number of hydrogen-bond acceptors (Lipinski definition) is 5. The van der Waals surface area contributed by atoms with Crippen molar-refractivity contribution in [2.45, 2.75) is 58.4 Å². The highest BCUT2D eigenvalue weighted by Crippen LogP contribution is 2.43. The summed E-state index contributed by atoms with van der Waals surface area (Å²) < 4.78 is 5.48. The molecule has 1 atom stereocenters. The van der Waals surface area contributed by atoms with Gasteiger partial charge in [-0.05, 0) is 57.1 Å². The number of likely N-dealkylation sites (tertiary alicyclic amines) is 1. The minimum absolute atomic E-state index is 0.304. The van der Waals surface area contributed by atoms with Crippen molar-refractivity contribution in [2.75, 3.05) is 49.2 Å². The summed E-state index contributed by atoms with van der Waals surface area (Å²) in [5.41, 5.74) is 1.23. The number of pyridine rings is 1. The van der Waals surface area contributed by atoms with Gasteiger partial charge in [0.05, 0.1) is 17.3 Å². The Hall–Kier alpha value is -2.35. The predicted molar refractivity (Wildman–Crippen MR) is 119 cm³/mol. The number of anilines is 2. The number of carbonyl (C=O) groups is 2. The van der Waals surface area contributed by atoms with E-state index >= 15 is 0 Å². The number of piperidine rings is 1. The number of amides is 2. The van der Waals surface area contributed by atoms with Crippen LogP contribution in [0.5, 0.6) is 0 Å². The minimum atomic E-state index is -0.961. The Morgan fingerprint density at radius 2 is 2.10 bits per heavy atom. The fourth-order valence-corrected chi connectivity index (χ4v) is 5.47. The molecule has 31 heavy (non-hydrogen) atoms. The molecule has 0 aromatic carbocycles. The van der Waals surface area contributed by atoms with Crippen LogP contribution < -0.4 is 9.80 Å². The lowest BCUT2D eigenvalue weighted by Gasteiger charge is -2.41. The third-order valence-electron chi connectivity index (χ3n) is 7.08. The fraction of sp³-hybridized carbons (Fsp3) is 0.696. The molecule has 0 radical (unpaired) electrons. The Balaban J connectivity index is 1.51. The topological polar surface area (TPSA) is 86.2 Å². The van der Waals surface area contributed by atoms with Gasteiger partial charge in [0.25, 0.3) is 0 Å². The van der Waals surface area contributed by atoms with Gasteiger partial charge in [-0.15, -0.1) is 0 Å². The average Bonchev–Trinajstić information content (AvgIpc) is 3.07. The highest BCUT2D eigenvalue weighted by atomic mass is 16.5. The quantitative estimate of drug-likeness (QED) is 0.772. The normalized spacial score (nSPS) is 24.8.